The first-order valence-electron chi connectivity index (χ1n) is 14.1. The van der Waals surface area contributed by atoms with Gasteiger partial charge in [0, 0.05) is 23.7 Å². The third-order valence-electron chi connectivity index (χ3n) is 7.15. The molecular weight excluding hydrogens is 597 g/mol. The number of carbonyl (C=O) groups is 2. The van der Waals surface area contributed by atoms with Gasteiger partial charge in [0.25, 0.3) is 10.0 Å². The van der Waals surface area contributed by atoms with Crippen molar-refractivity contribution in [1.82, 2.24) is 10.2 Å². The number of carbonyl (C=O) groups excluding carboxylic acids is 2. The van der Waals surface area contributed by atoms with Crippen LogP contribution in [0.15, 0.2) is 71.6 Å². The summed E-state index contributed by atoms with van der Waals surface area (Å²) in [5.41, 5.74) is 0.781. The second-order valence-electron chi connectivity index (χ2n) is 10.2. The monoisotopic (exact) mass is 631 g/mol. The van der Waals surface area contributed by atoms with Crippen molar-refractivity contribution in [2.24, 2.45) is 0 Å². The molecule has 230 valence electrons. The molecule has 0 unspecified atom stereocenters. The highest BCUT2D eigenvalue weighted by molar-refractivity contribution is 7.92. The van der Waals surface area contributed by atoms with Gasteiger partial charge in [0.05, 0.1) is 10.6 Å². The fraction of sp³-hybridized carbons (Fsp3) is 0.355. The molecule has 0 aromatic heterocycles. The Bertz CT molecular complexity index is 1540. The Kier molecular flexibility index (Phi) is 10.5. The van der Waals surface area contributed by atoms with Crippen molar-refractivity contribution < 1.29 is 31.9 Å². The lowest BCUT2D eigenvalue weighted by molar-refractivity contribution is -0.140. The van der Waals surface area contributed by atoms with Crippen LogP contribution in [-0.4, -0.2) is 57.0 Å². The molecule has 1 aliphatic rings. The number of anilines is 1. The predicted molar refractivity (Wildman–Crippen MR) is 162 cm³/mol. The molecule has 0 bridgehead atoms. The van der Waals surface area contributed by atoms with E-state index in [2.05, 4.69) is 5.32 Å². The molecular formula is C31H35ClFN3O6S. The molecule has 0 saturated heterocycles. The van der Waals surface area contributed by atoms with E-state index >= 15 is 0 Å². The van der Waals surface area contributed by atoms with Crippen molar-refractivity contribution >= 4 is 39.1 Å². The maximum absolute atomic E-state index is 14.1. The van der Waals surface area contributed by atoms with Gasteiger partial charge in [-0.3, -0.25) is 13.9 Å². The second-order valence-corrected chi connectivity index (χ2v) is 12.5. The van der Waals surface area contributed by atoms with E-state index in [1.807, 2.05) is 13.8 Å². The number of nitrogens with zero attached hydrogens (tertiary/aromatic N) is 2. The van der Waals surface area contributed by atoms with Gasteiger partial charge >= 0.3 is 0 Å². The van der Waals surface area contributed by atoms with Crippen LogP contribution in [0.4, 0.5) is 10.1 Å². The van der Waals surface area contributed by atoms with Gasteiger partial charge < -0.3 is 19.7 Å². The average molecular weight is 632 g/mol. The summed E-state index contributed by atoms with van der Waals surface area (Å²) in [6.45, 7) is 5.56. The van der Waals surface area contributed by atoms with Crippen molar-refractivity contribution in [3.8, 4) is 11.5 Å². The maximum Gasteiger partial charge on any atom is 0.264 e. The lowest BCUT2D eigenvalue weighted by Gasteiger charge is -2.33. The average Bonchev–Trinajstić information content (AvgIpc) is 3.00. The Balaban J connectivity index is 1.74. The molecule has 2 atom stereocenters. The first-order valence-corrected chi connectivity index (χ1v) is 15.9. The molecule has 1 aliphatic heterocycles. The molecule has 0 saturated carbocycles. The van der Waals surface area contributed by atoms with Gasteiger partial charge in [-0.15, -0.1) is 0 Å². The van der Waals surface area contributed by atoms with Crippen molar-refractivity contribution in [3.63, 3.8) is 0 Å². The molecule has 0 radical (unpaired) electrons. The van der Waals surface area contributed by atoms with Crippen LogP contribution in [0.3, 0.4) is 0 Å². The van der Waals surface area contributed by atoms with Crippen LogP contribution in [0.1, 0.15) is 39.2 Å². The number of ether oxygens (including phenoxy) is 2. The van der Waals surface area contributed by atoms with Gasteiger partial charge in [-0.25, -0.2) is 12.8 Å². The first-order chi connectivity index (χ1) is 20.5. The predicted octanol–water partition coefficient (Wildman–Crippen LogP) is 5.17. The van der Waals surface area contributed by atoms with Gasteiger partial charge in [-0.2, -0.15) is 0 Å². The van der Waals surface area contributed by atoms with Crippen molar-refractivity contribution in [3.05, 3.63) is 83.1 Å². The minimum absolute atomic E-state index is 0.0315. The lowest BCUT2D eigenvalue weighted by atomic mass is 10.1. The number of amides is 2. The zero-order valence-corrected chi connectivity index (χ0v) is 25.8. The van der Waals surface area contributed by atoms with E-state index in [9.17, 15) is 22.4 Å². The maximum atomic E-state index is 14.1. The molecule has 0 spiro atoms. The fourth-order valence-electron chi connectivity index (χ4n) is 4.59. The standard InChI is InChI=1S/C31H35ClFN3O6S/c1-4-21(3)34-31(38)27(5-2)35(19-22-6-8-23(32)9-7-22)30(37)20-36(25-12-10-24(33)11-13-25)43(39,40)26-14-15-28-29(18-26)42-17-16-41-28/h6-15,18,21,27H,4-5,16-17,19-20H2,1-3H3,(H,34,38)/t21-,27+/m0/s1. The summed E-state index contributed by atoms with van der Waals surface area (Å²) in [6, 6.07) is 14.8. The van der Waals surface area contributed by atoms with Crippen molar-refractivity contribution in [2.75, 3.05) is 24.1 Å². The van der Waals surface area contributed by atoms with E-state index in [0.29, 0.717) is 29.4 Å². The second kappa shape index (κ2) is 14.1. The highest BCUT2D eigenvalue weighted by Gasteiger charge is 2.34. The third-order valence-corrected chi connectivity index (χ3v) is 9.17. The van der Waals surface area contributed by atoms with Crippen LogP contribution in [-0.2, 0) is 26.2 Å². The Morgan fingerprint density at radius 1 is 0.953 bits per heavy atom. The minimum Gasteiger partial charge on any atom is -0.486 e. The third kappa shape index (κ3) is 7.77. The number of halogens is 2. The van der Waals surface area contributed by atoms with Crippen LogP contribution in [0.5, 0.6) is 11.5 Å². The van der Waals surface area contributed by atoms with E-state index in [-0.39, 0.29) is 47.9 Å². The van der Waals surface area contributed by atoms with E-state index < -0.39 is 34.3 Å². The summed E-state index contributed by atoms with van der Waals surface area (Å²) >= 11 is 6.06. The Hall–Kier alpha value is -3.83. The molecule has 3 aromatic rings. The molecule has 3 aromatic carbocycles. The highest BCUT2D eigenvalue weighted by Crippen LogP contribution is 2.34. The van der Waals surface area contributed by atoms with Gasteiger partial charge in [0.15, 0.2) is 11.5 Å². The Morgan fingerprint density at radius 3 is 2.23 bits per heavy atom. The number of rotatable bonds is 12. The van der Waals surface area contributed by atoms with Gasteiger partial charge in [0.1, 0.15) is 31.6 Å². The van der Waals surface area contributed by atoms with E-state index in [0.717, 1.165) is 16.4 Å². The number of hydrogen-bond acceptors (Lipinski definition) is 6. The molecule has 0 aliphatic carbocycles. The summed E-state index contributed by atoms with van der Waals surface area (Å²) in [7, 11) is -4.37. The summed E-state index contributed by atoms with van der Waals surface area (Å²) in [5, 5.41) is 3.44. The summed E-state index contributed by atoms with van der Waals surface area (Å²) in [6.07, 6.45) is 0.979. The highest BCUT2D eigenvalue weighted by atomic mass is 35.5. The largest absolute Gasteiger partial charge is 0.486 e. The van der Waals surface area contributed by atoms with E-state index in [1.54, 1.807) is 31.2 Å². The normalized spacial score (nSPS) is 14.0. The smallest absolute Gasteiger partial charge is 0.264 e. The Morgan fingerprint density at radius 2 is 1.60 bits per heavy atom. The number of nitrogens with one attached hydrogen (secondary N) is 1. The zero-order chi connectivity index (χ0) is 31.1. The zero-order valence-electron chi connectivity index (χ0n) is 24.3. The molecule has 4 rings (SSSR count). The van der Waals surface area contributed by atoms with Crippen LogP contribution < -0.4 is 19.1 Å². The molecule has 2 amide bonds. The first kappa shape index (κ1) is 32.1. The molecule has 1 heterocycles. The van der Waals surface area contributed by atoms with Crippen LogP contribution >= 0.6 is 11.6 Å². The Labute approximate surface area is 256 Å². The molecule has 1 N–H and O–H groups in total. The molecule has 43 heavy (non-hydrogen) atoms. The molecule has 0 fully saturated rings. The van der Waals surface area contributed by atoms with Crippen LogP contribution in [0, 0.1) is 5.82 Å². The topological polar surface area (TPSA) is 105 Å². The summed E-state index contributed by atoms with van der Waals surface area (Å²) in [5.74, 6) is -0.866. The lowest BCUT2D eigenvalue weighted by Crippen LogP contribution is -2.53. The number of sulfonamides is 1. The summed E-state index contributed by atoms with van der Waals surface area (Å²) in [4.78, 5) is 28.7. The quantitative estimate of drug-likeness (QED) is 0.296. The van der Waals surface area contributed by atoms with Gasteiger partial charge in [0.2, 0.25) is 11.8 Å². The van der Waals surface area contributed by atoms with Gasteiger partial charge in [-0.05, 0) is 73.9 Å². The van der Waals surface area contributed by atoms with Crippen molar-refractivity contribution in [1.29, 1.82) is 0 Å². The minimum atomic E-state index is -4.37. The van der Waals surface area contributed by atoms with Crippen LogP contribution in [0.2, 0.25) is 5.02 Å². The van der Waals surface area contributed by atoms with E-state index in [1.165, 1.54) is 35.2 Å². The SMILES string of the molecule is CC[C@H](C(=O)N[C@@H](C)CC)N(Cc1ccc(Cl)cc1)C(=O)CN(c1ccc(F)cc1)S(=O)(=O)c1ccc2c(c1)OCCO2. The van der Waals surface area contributed by atoms with Crippen molar-refractivity contribution in [2.45, 2.75) is 57.1 Å². The summed E-state index contributed by atoms with van der Waals surface area (Å²) < 4.78 is 54.1. The number of hydrogen-bond donors (Lipinski definition) is 1. The fourth-order valence-corrected chi connectivity index (χ4v) is 6.15. The molecule has 12 heteroatoms. The van der Waals surface area contributed by atoms with Gasteiger partial charge in [-0.1, -0.05) is 37.6 Å². The van der Waals surface area contributed by atoms with Crippen LogP contribution in [0.25, 0.3) is 0 Å². The number of benzene rings is 3. The van der Waals surface area contributed by atoms with E-state index in [4.69, 9.17) is 21.1 Å². The molecule has 9 nitrogen and oxygen atoms in total. The number of fused-ring (bicyclic) bond motifs is 1.